The van der Waals surface area contributed by atoms with E-state index in [2.05, 4.69) is 26.2 Å². The molecule has 0 saturated heterocycles. The van der Waals surface area contributed by atoms with Crippen LogP contribution in [0.15, 0.2) is 45.3 Å². The van der Waals surface area contributed by atoms with Gasteiger partial charge in [0.1, 0.15) is 5.52 Å². The first-order valence-corrected chi connectivity index (χ1v) is 7.06. The third kappa shape index (κ3) is 2.75. The monoisotopic (exact) mass is 345 g/mol. The number of hydrogen-bond donors (Lipinski definition) is 2. The SMILES string of the molecule is Cc1nc2cc(NC(=O)c3cc(N)ccc3Br)ccc2o1. The molecule has 5 nitrogen and oxygen atoms in total. The second-order valence-electron chi connectivity index (χ2n) is 4.61. The van der Waals surface area contributed by atoms with Crippen LogP contribution in [0.4, 0.5) is 11.4 Å². The molecule has 0 spiro atoms. The van der Waals surface area contributed by atoms with Gasteiger partial charge in [0.15, 0.2) is 11.5 Å². The second kappa shape index (κ2) is 5.21. The number of nitrogens with zero attached hydrogens (tertiary/aromatic N) is 1. The summed E-state index contributed by atoms with van der Waals surface area (Å²) < 4.78 is 6.09. The molecular weight excluding hydrogens is 334 g/mol. The van der Waals surface area contributed by atoms with Crippen molar-refractivity contribution < 1.29 is 9.21 Å². The summed E-state index contributed by atoms with van der Waals surface area (Å²) in [6, 6.07) is 10.4. The lowest BCUT2D eigenvalue weighted by Crippen LogP contribution is -2.12. The van der Waals surface area contributed by atoms with E-state index in [4.69, 9.17) is 10.2 Å². The Morgan fingerprint density at radius 3 is 2.90 bits per heavy atom. The van der Waals surface area contributed by atoms with Crippen LogP contribution in [-0.2, 0) is 0 Å². The van der Waals surface area contributed by atoms with Gasteiger partial charge >= 0.3 is 0 Å². The Kier molecular flexibility index (Phi) is 3.39. The van der Waals surface area contributed by atoms with Crippen LogP contribution in [0.5, 0.6) is 0 Å². The first-order valence-electron chi connectivity index (χ1n) is 6.26. The number of benzene rings is 2. The van der Waals surface area contributed by atoms with E-state index in [1.54, 1.807) is 43.3 Å². The number of hydrogen-bond acceptors (Lipinski definition) is 4. The molecule has 0 unspecified atom stereocenters. The van der Waals surface area contributed by atoms with Gasteiger partial charge in [-0.05, 0) is 52.3 Å². The number of nitrogen functional groups attached to an aromatic ring is 1. The van der Waals surface area contributed by atoms with Gasteiger partial charge in [-0.2, -0.15) is 0 Å². The highest BCUT2D eigenvalue weighted by Crippen LogP contribution is 2.23. The van der Waals surface area contributed by atoms with Gasteiger partial charge in [-0.25, -0.2) is 4.98 Å². The minimum absolute atomic E-state index is 0.242. The van der Waals surface area contributed by atoms with E-state index in [0.29, 0.717) is 38.4 Å². The molecule has 0 aliphatic rings. The molecule has 0 saturated carbocycles. The molecule has 0 atom stereocenters. The molecule has 2 aromatic carbocycles. The van der Waals surface area contributed by atoms with Crippen LogP contribution in [-0.4, -0.2) is 10.9 Å². The van der Waals surface area contributed by atoms with E-state index >= 15 is 0 Å². The summed E-state index contributed by atoms with van der Waals surface area (Å²) in [5, 5.41) is 2.82. The van der Waals surface area contributed by atoms with Gasteiger partial charge in [0, 0.05) is 22.8 Å². The second-order valence-corrected chi connectivity index (χ2v) is 5.46. The molecule has 0 aliphatic carbocycles. The Morgan fingerprint density at radius 2 is 2.10 bits per heavy atom. The quantitative estimate of drug-likeness (QED) is 0.693. The van der Waals surface area contributed by atoms with E-state index in [9.17, 15) is 4.79 Å². The molecule has 0 bridgehead atoms. The van der Waals surface area contributed by atoms with E-state index in [1.165, 1.54) is 0 Å². The van der Waals surface area contributed by atoms with Gasteiger partial charge in [0.2, 0.25) is 0 Å². The maximum Gasteiger partial charge on any atom is 0.256 e. The number of aryl methyl sites for hydroxylation is 1. The molecule has 3 N–H and O–H groups in total. The average Bonchev–Trinajstić information content (AvgIpc) is 2.80. The van der Waals surface area contributed by atoms with Gasteiger partial charge in [-0.3, -0.25) is 4.79 Å². The molecule has 3 aromatic rings. The highest BCUT2D eigenvalue weighted by molar-refractivity contribution is 9.10. The van der Waals surface area contributed by atoms with Crippen molar-refractivity contribution in [3.05, 3.63) is 52.3 Å². The zero-order valence-electron chi connectivity index (χ0n) is 11.2. The van der Waals surface area contributed by atoms with Gasteiger partial charge in [-0.15, -0.1) is 0 Å². The lowest BCUT2D eigenvalue weighted by atomic mass is 10.2. The number of nitrogens with one attached hydrogen (secondary N) is 1. The zero-order valence-corrected chi connectivity index (χ0v) is 12.8. The third-order valence-corrected chi connectivity index (χ3v) is 3.68. The fraction of sp³-hybridized carbons (Fsp3) is 0.0667. The maximum absolute atomic E-state index is 12.3. The molecule has 1 heterocycles. The highest BCUT2D eigenvalue weighted by Gasteiger charge is 2.12. The van der Waals surface area contributed by atoms with Crippen molar-refractivity contribution in [3.63, 3.8) is 0 Å². The van der Waals surface area contributed by atoms with Crippen molar-refractivity contribution in [1.29, 1.82) is 0 Å². The summed E-state index contributed by atoms with van der Waals surface area (Å²) in [7, 11) is 0. The predicted molar refractivity (Wildman–Crippen MR) is 85.3 cm³/mol. The molecule has 0 aliphatic heterocycles. The molecular formula is C15H12BrN3O2. The lowest BCUT2D eigenvalue weighted by molar-refractivity contribution is 0.102. The summed E-state index contributed by atoms with van der Waals surface area (Å²) in [4.78, 5) is 16.5. The van der Waals surface area contributed by atoms with E-state index in [0.717, 1.165) is 0 Å². The van der Waals surface area contributed by atoms with Crippen LogP contribution in [0, 0.1) is 6.92 Å². The minimum Gasteiger partial charge on any atom is -0.441 e. The number of aromatic nitrogens is 1. The van der Waals surface area contributed by atoms with Gasteiger partial charge in [0.05, 0.1) is 5.56 Å². The fourth-order valence-corrected chi connectivity index (χ4v) is 2.46. The standard InChI is InChI=1S/C15H12BrN3O2/c1-8-18-13-7-10(3-5-14(13)21-8)19-15(20)11-6-9(17)2-4-12(11)16/h2-7H,17H2,1H3,(H,19,20). The summed E-state index contributed by atoms with van der Waals surface area (Å²) >= 11 is 3.34. The zero-order chi connectivity index (χ0) is 15.0. The summed E-state index contributed by atoms with van der Waals surface area (Å²) in [6.07, 6.45) is 0. The van der Waals surface area contributed by atoms with Crippen LogP contribution in [0.25, 0.3) is 11.1 Å². The lowest BCUT2D eigenvalue weighted by Gasteiger charge is -2.07. The van der Waals surface area contributed by atoms with Crippen molar-refractivity contribution >= 4 is 44.3 Å². The smallest absolute Gasteiger partial charge is 0.256 e. The molecule has 3 rings (SSSR count). The summed E-state index contributed by atoms with van der Waals surface area (Å²) in [5.74, 6) is 0.348. The molecule has 0 radical (unpaired) electrons. The number of nitrogens with two attached hydrogens (primary N) is 1. The van der Waals surface area contributed by atoms with E-state index in [1.807, 2.05) is 0 Å². The Balaban J connectivity index is 1.90. The third-order valence-electron chi connectivity index (χ3n) is 2.99. The topological polar surface area (TPSA) is 81.2 Å². The Bertz CT molecular complexity index is 842. The number of carbonyl (C=O) groups excluding carboxylic acids is 1. The van der Waals surface area contributed by atoms with Crippen molar-refractivity contribution in [1.82, 2.24) is 4.98 Å². The normalized spacial score (nSPS) is 10.8. The Hall–Kier alpha value is -2.34. The number of fused-ring (bicyclic) bond motifs is 1. The van der Waals surface area contributed by atoms with E-state index in [-0.39, 0.29) is 5.91 Å². The van der Waals surface area contributed by atoms with Crippen LogP contribution >= 0.6 is 15.9 Å². The predicted octanol–water partition coefficient (Wildman–Crippen LogP) is 3.73. The molecule has 21 heavy (non-hydrogen) atoms. The van der Waals surface area contributed by atoms with Crippen LogP contribution in [0.2, 0.25) is 0 Å². The van der Waals surface area contributed by atoms with Gasteiger partial charge in [0.25, 0.3) is 5.91 Å². The van der Waals surface area contributed by atoms with Crippen molar-refractivity contribution in [3.8, 4) is 0 Å². The highest BCUT2D eigenvalue weighted by atomic mass is 79.9. The Labute approximate surface area is 129 Å². The first-order chi connectivity index (χ1) is 10.0. The first kappa shape index (κ1) is 13.6. The average molecular weight is 346 g/mol. The molecule has 106 valence electrons. The number of amides is 1. The molecule has 1 amide bonds. The summed E-state index contributed by atoms with van der Waals surface area (Å²) in [6.45, 7) is 1.78. The van der Waals surface area contributed by atoms with E-state index < -0.39 is 0 Å². The molecule has 0 fully saturated rings. The number of rotatable bonds is 2. The van der Waals surface area contributed by atoms with Crippen molar-refractivity contribution in [2.45, 2.75) is 6.92 Å². The largest absolute Gasteiger partial charge is 0.441 e. The number of oxazole rings is 1. The van der Waals surface area contributed by atoms with Gasteiger partial charge < -0.3 is 15.5 Å². The van der Waals surface area contributed by atoms with Crippen LogP contribution in [0.1, 0.15) is 16.2 Å². The maximum atomic E-state index is 12.3. The van der Waals surface area contributed by atoms with Crippen LogP contribution in [0.3, 0.4) is 0 Å². The number of anilines is 2. The number of carbonyl (C=O) groups is 1. The molecule has 6 heteroatoms. The molecule has 1 aromatic heterocycles. The minimum atomic E-state index is -0.242. The van der Waals surface area contributed by atoms with Crippen LogP contribution < -0.4 is 11.1 Å². The summed E-state index contributed by atoms with van der Waals surface area (Å²) in [5.41, 5.74) is 8.77. The Morgan fingerprint density at radius 1 is 1.29 bits per heavy atom. The number of halogens is 1. The van der Waals surface area contributed by atoms with Crippen molar-refractivity contribution in [2.75, 3.05) is 11.1 Å². The van der Waals surface area contributed by atoms with Crippen molar-refractivity contribution in [2.24, 2.45) is 0 Å². The fourth-order valence-electron chi connectivity index (χ4n) is 2.04. The van der Waals surface area contributed by atoms with Gasteiger partial charge in [-0.1, -0.05) is 0 Å².